The molecule has 18 heavy (non-hydrogen) atoms. The fourth-order valence-electron chi connectivity index (χ4n) is 1.80. The molecule has 1 aromatic carbocycles. The maximum atomic E-state index is 4.16. The van der Waals surface area contributed by atoms with E-state index in [0.717, 1.165) is 30.0 Å². The molecular weight excluding hydrogens is 244 g/mol. The van der Waals surface area contributed by atoms with E-state index in [2.05, 4.69) is 33.9 Å². The van der Waals surface area contributed by atoms with Crippen LogP contribution in [0.5, 0.6) is 0 Å². The van der Waals surface area contributed by atoms with Crippen LogP contribution in [0.4, 0.5) is 5.69 Å². The zero-order valence-corrected chi connectivity index (χ0v) is 11.6. The van der Waals surface area contributed by atoms with Gasteiger partial charge in [-0.1, -0.05) is 12.1 Å². The number of nitrogens with one attached hydrogen (secondary N) is 1. The molecule has 4 nitrogen and oxygen atoms in total. The normalized spacial score (nSPS) is 10.6. The molecular formula is C13H18N4S. The summed E-state index contributed by atoms with van der Waals surface area (Å²) in [6.07, 6.45) is 5.02. The van der Waals surface area contributed by atoms with Crippen LogP contribution in [0.25, 0.3) is 11.4 Å². The van der Waals surface area contributed by atoms with Crippen molar-refractivity contribution >= 4 is 17.4 Å². The molecule has 1 N–H and O–H groups in total. The van der Waals surface area contributed by atoms with Crippen molar-refractivity contribution < 1.29 is 0 Å². The number of rotatable bonds is 6. The quantitative estimate of drug-likeness (QED) is 0.813. The standard InChI is InChI=1S/C13H18N4S/c1-17-10-15-16-13(17)11-6-3-4-7-12(11)14-8-5-9-18-2/h3-4,6-7,10,14H,5,8-9H2,1-2H3. The molecule has 0 aliphatic carbocycles. The van der Waals surface area contributed by atoms with Crippen molar-refractivity contribution in [2.45, 2.75) is 6.42 Å². The van der Waals surface area contributed by atoms with E-state index in [1.807, 2.05) is 35.5 Å². The predicted octanol–water partition coefficient (Wildman–Crippen LogP) is 2.65. The van der Waals surface area contributed by atoms with E-state index in [9.17, 15) is 0 Å². The van der Waals surface area contributed by atoms with E-state index in [0.29, 0.717) is 0 Å². The molecule has 0 amide bonds. The highest BCUT2D eigenvalue weighted by Gasteiger charge is 2.08. The third kappa shape index (κ3) is 3.04. The molecule has 0 saturated heterocycles. The number of benzene rings is 1. The molecule has 96 valence electrons. The van der Waals surface area contributed by atoms with Crippen molar-refractivity contribution in [2.24, 2.45) is 7.05 Å². The molecule has 0 fully saturated rings. The first-order valence-corrected chi connectivity index (χ1v) is 7.38. The molecule has 0 radical (unpaired) electrons. The summed E-state index contributed by atoms with van der Waals surface area (Å²) in [6.45, 7) is 0.982. The maximum Gasteiger partial charge on any atom is 0.165 e. The molecule has 2 aromatic rings. The van der Waals surface area contributed by atoms with Gasteiger partial charge in [-0.05, 0) is 30.6 Å². The highest BCUT2D eigenvalue weighted by molar-refractivity contribution is 7.98. The van der Waals surface area contributed by atoms with Gasteiger partial charge in [0.2, 0.25) is 0 Å². The summed E-state index contributed by atoms with van der Waals surface area (Å²) in [4.78, 5) is 0. The Labute approximate surface area is 112 Å². The Morgan fingerprint density at radius 2 is 2.17 bits per heavy atom. The van der Waals surface area contributed by atoms with Gasteiger partial charge in [0, 0.05) is 24.8 Å². The van der Waals surface area contributed by atoms with Crippen LogP contribution >= 0.6 is 11.8 Å². The molecule has 0 bridgehead atoms. The van der Waals surface area contributed by atoms with Crippen molar-refractivity contribution in [1.82, 2.24) is 14.8 Å². The fourth-order valence-corrected chi connectivity index (χ4v) is 2.23. The van der Waals surface area contributed by atoms with E-state index >= 15 is 0 Å². The lowest BCUT2D eigenvalue weighted by atomic mass is 10.1. The van der Waals surface area contributed by atoms with Gasteiger partial charge in [-0.25, -0.2) is 0 Å². The first-order chi connectivity index (χ1) is 8.83. The lowest BCUT2D eigenvalue weighted by Gasteiger charge is -2.11. The highest BCUT2D eigenvalue weighted by atomic mass is 32.2. The molecule has 5 heteroatoms. The molecule has 1 aromatic heterocycles. The number of nitrogens with zero attached hydrogens (tertiary/aromatic N) is 3. The van der Waals surface area contributed by atoms with E-state index in [1.54, 1.807) is 6.33 Å². The second-order valence-electron chi connectivity index (χ2n) is 4.08. The summed E-state index contributed by atoms with van der Waals surface area (Å²) >= 11 is 1.87. The molecule has 0 spiro atoms. The molecule has 0 aliphatic rings. The third-order valence-electron chi connectivity index (χ3n) is 2.72. The van der Waals surface area contributed by atoms with Crippen LogP contribution in [0.3, 0.4) is 0 Å². The van der Waals surface area contributed by atoms with Gasteiger partial charge in [0.1, 0.15) is 6.33 Å². The van der Waals surface area contributed by atoms with Gasteiger partial charge in [0.25, 0.3) is 0 Å². The van der Waals surface area contributed by atoms with Gasteiger partial charge in [0.15, 0.2) is 5.82 Å². The smallest absolute Gasteiger partial charge is 0.165 e. The molecule has 0 saturated carbocycles. The van der Waals surface area contributed by atoms with E-state index in [-0.39, 0.29) is 0 Å². The largest absolute Gasteiger partial charge is 0.384 e. The monoisotopic (exact) mass is 262 g/mol. The van der Waals surface area contributed by atoms with Crippen molar-refractivity contribution in [3.8, 4) is 11.4 Å². The number of aryl methyl sites for hydroxylation is 1. The first kappa shape index (κ1) is 13.0. The fraction of sp³-hybridized carbons (Fsp3) is 0.385. The van der Waals surface area contributed by atoms with Crippen molar-refractivity contribution in [1.29, 1.82) is 0 Å². The minimum atomic E-state index is 0.892. The minimum absolute atomic E-state index is 0.892. The number of anilines is 1. The summed E-state index contributed by atoms with van der Waals surface area (Å²) in [5, 5.41) is 11.6. The van der Waals surface area contributed by atoms with Gasteiger partial charge in [-0.15, -0.1) is 10.2 Å². The van der Waals surface area contributed by atoms with Crippen LogP contribution in [-0.2, 0) is 7.05 Å². The minimum Gasteiger partial charge on any atom is -0.384 e. The van der Waals surface area contributed by atoms with Gasteiger partial charge < -0.3 is 9.88 Å². The van der Waals surface area contributed by atoms with Gasteiger partial charge in [0.05, 0.1) is 0 Å². The Balaban J connectivity index is 2.13. The van der Waals surface area contributed by atoms with Crippen LogP contribution in [0.15, 0.2) is 30.6 Å². The van der Waals surface area contributed by atoms with Crippen LogP contribution < -0.4 is 5.32 Å². The van der Waals surface area contributed by atoms with Crippen LogP contribution in [0.2, 0.25) is 0 Å². The van der Waals surface area contributed by atoms with Crippen LogP contribution in [-0.4, -0.2) is 33.3 Å². The summed E-state index contributed by atoms with van der Waals surface area (Å²) in [6, 6.07) is 8.22. The Morgan fingerprint density at radius 1 is 1.33 bits per heavy atom. The third-order valence-corrected chi connectivity index (χ3v) is 3.42. The zero-order valence-electron chi connectivity index (χ0n) is 10.8. The summed E-state index contributed by atoms with van der Waals surface area (Å²) < 4.78 is 1.93. The van der Waals surface area contributed by atoms with E-state index in [4.69, 9.17) is 0 Å². The van der Waals surface area contributed by atoms with Crippen LogP contribution in [0.1, 0.15) is 6.42 Å². The van der Waals surface area contributed by atoms with E-state index in [1.165, 1.54) is 5.75 Å². The number of para-hydroxylation sites is 1. The maximum absolute atomic E-state index is 4.16. The number of aromatic nitrogens is 3. The van der Waals surface area contributed by atoms with Crippen LogP contribution in [0, 0.1) is 0 Å². The Morgan fingerprint density at radius 3 is 2.89 bits per heavy atom. The van der Waals surface area contributed by atoms with Gasteiger partial charge in [-0.2, -0.15) is 11.8 Å². The van der Waals surface area contributed by atoms with Gasteiger partial charge >= 0.3 is 0 Å². The molecule has 0 atom stereocenters. The average Bonchev–Trinajstić information content (AvgIpc) is 2.81. The topological polar surface area (TPSA) is 42.7 Å². The summed E-state index contributed by atoms with van der Waals surface area (Å²) in [5.74, 6) is 2.07. The molecule has 0 unspecified atom stereocenters. The molecule has 1 heterocycles. The first-order valence-electron chi connectivity index (χ1n) is 5.99. The lowest BCUT2D eigenvalue weighted by Crippen LogP contribution is -2.05. The van der Waals surface area contributed by atoms with Crippen molar-refractivity contribution in [3.05, 3.63) is 30.6 Å². The summed E-state index contributed by atoms with van der Waals surface area (Å²) in [5.41, 5.74) is 2.22. The van der Waals surface area contributed by atoms with Gasteiger partial charge in [-0.3, -0.25) is 0 Å². The number of hydrogen-bond acceptors (Lipinski definition) is 4. The Kier molecular flexibility index (Phi) is 4.64. The predicted molar refractivity (Wildman–Crippen MR) is 77.9 cm³/mol. The number of hydrogen-bond donors (Lipinski definition) is 1. The zero-order chi connectivity index (χ0) is 12.8. The van der Waals surface area contributed by atoms with E-state index < -0.39 is 0 Å². The van der Waals surface area contributed by atoms with Crippen molar-refractivity contribution in [3.63, 3.8) is 0 Å². The second-order valence-corrected chi connectivity index (χ2v) is 5.07. The SMILES string of the molecule is CSCCCNc1ccccc1-c1nncn1C. The average molecular weight is 262 g/mol. The second kappa shape index (κ2) is 6.44. The number of thioether (sulfide) groups is 1. The molecule has 0 aliphatic heterocycles. The lowest BCUT2D eigenvalue weighted by molar-refractivity contribution is 0.918. The van der Waals surface area contributed by atoms with Crippen molar-refractivity contribution in [2.75, 3.05) is 23.9 Å². The molecule has 2 rings (SSSR count). The highest BCUT2D eigenvalue weighted by Crippen LogP contribution is 2.25. The Bertz CT molecular complexity index is 495. The summed E-state index contributed by atoms with van der Waals surface area (Å²) in [7, 11) is 1.96. The Hall–Kier alpha value is -1.49.